The third-order valence-corrected chi connectivity index (χ3v) is 12.4. The number of aromatic nitrogens is 2. The van der Waals surface area contributed by atoms with Crippen LogP contribution < -0.4 is 0 Å². The van der Waals surface area contributed by atoms with Crippen molar-refractivity contribution in [3.63, 3.8) is 0 Å². The minimum Gasteiger partial charge on any atom is -0.379 e. The van der Waals surface area contributed by atoms with Gasteiger partial charge in [-0.25, -0.2) is 12.4 Å². The molecule has 4 aromatic carbocycles. The summed E-state index contributed by atoms with van der Waals surface area (Å²) in [7, 11) is -3.87. The summed E-state index contributed by atoms with van der Waals surface area (Å²) in [5, 5.41) is 4.45. The van der Waals surface area contributed by atoms with E-state index in [0.717, 1.165) is 52.6 Å². The first kappa shape index (κ1) is 44.6. The number of unbranched alkanes of at least 4 members (excludes halogenated alkanes) is 2. The molecule has 0 radical (unpaired) electrons. The number of ether oxygens (including phenoxy) is 6. The Balaban J connectivity index is 1.17. The van der Waals surface area contributed by atoms with Crippen LogP contribution in [0.1, 0.15) is 47.2 Å². The lowest BCUT2D eigenvalue weighted by molar-refractivity contribution is -0.328. The van der Waals surface area contributed by atoms with Crippen molar-refractivity contribution in [2.45, 2.75) is 88.0 Å². The Morgan fingerprint density at radius 2 is 1.35 bits per heavy atom. The lowest BCUT2D eigenvalue weighted by Gasteiger charge is -2.46. The summed E-state index contributed by atoms with van der Waals surface area (Å²) < 4.78 is 69.2. The van der Waals surface area contributed by atoms with E-state index in [2.05, 4.69) is 15.0 Å². The van der Waals surface area contributed by atoms with Crippen LogP contribution in [-0.2, 0) is 64.7 Å². The predicted octanol–water partition coefficient (Wildman–Crippen LogP) is 9.12. The number of para-hydroxylation sites is 1. The van der Waals surface area contributed by atoms with Gasteiger partial charge in [-0.05, 0) is 78.2 Å². The van der Waals surface area contributed by atoms with Crippen molar-refractivity contribution in [2.24, 2.45) is 5.11 Å². The van der Waals surface area contributed by atoms with Crippen molar-refractivity contribution < 1.29 is 36.8 Å². The lowest BCUT2D eigenvalue weighted by Crippen LogP contribution is -2.61. The molecular formula is C48H53N5O8S. The molecule has 1 aliphatic rings. The summed E-state index contributed by atoms with van der Waals surface area (Å²) in [6.45, 7) is 4.01. The van der Waals surface area contributed by atoms with Crippen LogP contribution in [0.2, 0.25) is 0 Å². The average molecular weight is 860 g/mol. The summed E-state index contributed by atoms with van der Waals surface area (Å²) in [6.07, 6.45) is 2.64. The maximum Gasteiger partial charge on any atom is 0.268 e. The number of azide groups is 1. The van der Waals surface area contributed by atoms with Gasteiger partial charge in [0, 0.05) is 41.5 Å². The average Bonchev–Trinajstić information content (AvgIpc) is 3.69. The number of rotatable bonds is 23. The SMILES string of the molecule is Cc1ccc(CO[C@H]2[C@H](OCc3ccccc3)[C@@H](OCc3ccccc3)[C@H](OCCc3cn(S(=O)(=O)c4ccccc4)c4ccccc34)O[C@@H]2COCCCCCN=[N+]=[N-])cn1. The topological polar surface area (TPSA) is 156 Å². The van der Waals surface area contributed by atoms with E-state index in [1.54, 1.807) is 42.7 Å². The van der Waals surface area contributed by atoms with Crippen molar-refractivity contribution in [1.82, 2.24) is 8.96 Å². The van der Waals surface area contributed by atoms with Gasteiger partial charge in [-0.15, -0.1) is 0 Å². The van der Waals surface area contributed by atoms with Gasteiger partial charge in [0.2, 0.25) is 0 Å². The van der Waals surface area contributed by atoms with E-state index in [9.17, 15) is 8.42 Å². The van der Waals surface area contributed by atoms with E-state index >= 15 is 0 Å². The van der Waals surface area contributed by atoms with Gasteiger partial charge in [0.05, 0.1) is 43.4 Å². The number of pyridine rings is 1. The van der Waals surface area contributed by atoms with Crippen molar-refractivity contribution in [2.75, 3.05) is 26.4 Å². The van der Waals surface area contributed by atoms with Crippen molar-refractivity contribution in [3.05, 3.63) is 178 Å². The van der Waals surface area contributed by atoms with E-state index in [4.69, 9.17) is 34.0 Å². The van der Waals surface area contributed by atoms with Crippen LogP contribution in [0.4, 0.5) is 0 Å². The minimum atomic E-state index is -3.87. The summed E-state index contributed by atoms with van der Waals surface area (Å²) in [5.74, 6) is 0. The van der Waals surface area contributed by atoms with Crippen LogP contribution in [0.5, 0.6) is 0 Å². The van der Waals surface area contributed by atoms with Crippen molar-refractivity contribution in [1.29, 1.82) is 0 Å². The zero-order valence-corrected chi connectivity index (χ0v) is 35.7. The molecule has 0 spiro atoms. The molecular weight excluding hydrogens is 807 g/mol. The highest BCUT2D eigenvalue weighted by Crippen LogP contribution is 2.33. The largest absolute Gasteiger partial charge is 0.379 e. The summed E-state index contributed by atoms with van der Waals surface area (Å²) in [5.41, 5.74) is 13.8. The van der Waals surface area contributed by atoms with Crippen LogP contribution in [0.15, 0.2) is 150 Å². The molecule has 1 saturated heterocycles. The number of nitrogens with zero attached hydrogens (tertiary/aromatic N) is 5. The molecule has 0 saturated carbocycles. The third kappa shape index (κ3) is 11.9. The van der Waals surface area contributed by atoms with Crippen LogP contribution >= 0.6 is 0 Å². The molecule has 13 nitrogen and oxygen atoms in total. The lowest BCUT2D eigenvalue weighted by atomic mass is 9.97. The number of fused-ring (bicyclic) bond motifs is 1. The molecule has 1 fully saturated rings. The Labute approximate surface area is 363 Å². The second kappa shape index (κ2) is 22.6. The zero-order chi connectivity index (χ0) is 43.0. The van der Waals surface area contributed by atoms with Gasteiger partial charge in [0.25, 0.3) is 10.0 Å². The second-order valence-electron chi connectivity index (χ2n) is 15.1. The van der Waals surface area contributed by atoms with Crippen molar-refractivity contribution in [3.8, 4) is 0 Å². The monoisotopic (exact) mass is 859 g/mol. The van der Waals surface area contributed by atoms with Crippen LogP contribution in [0, 0.1) is 6.92 Å². The number of hydrogen-bond acceptors (Lipinski definition) is 10. The quantitative estimate of drug-likeness (QED) is 0.0265. The highest BCUT2D eigenvalue weighted by molar-refractivity contribution is 7.90. The Hall–Kier alpha value is -5.41. The molecule has 0 aliphatic carbocycles. The van der Waals surface area contributed by atoms with Gasteiger partial charge in [0.15, 0.2) is 6.29 Å². The maximum absolute atomic E-state index is 13.9. The molecule has 62 heavy (non-hydrogen) atoms. The molecule has 6 aromatic rings. The molecule has 0 amide bonds. The van der Waals surface area contributed by atoms with E-state index < -0.39 is 40.7 Å². The van der Waals surface area contributed by atoms with Gasteiger partial charge < -0.3 is 28.4 Å². The van der Waals surface area contributed by atoms with E-state index in [1.165, 1.54) is 3.97 Å². The Morgan fingerprint density at radius 1 is 0.710 bits per heavy atom. The molecule has 5 atom stereocenters. The second-order valence-corrected chi connectivity index (χ2v) is 17.0. The van der Waals surface area contributed by atoms with Gasteiger partial charge in [-0.2, -0.15) is 0 Å². The smallest absolute Gasteiger partial charge is 0.268 e. The molecule has 1 aliphatic heterocycles. The van der Waals surface area contributed by atoms with E-state index in [1.807, 2.05) is 104 Å². The Kier molecular flexibility index (Phi) is 16.3. The molecule has 0 unspecified atom stereocenters. The van der Waals surface area contributed by atoms with Gasteiger partial charge in [-0.1, -0.05) is 115 Å². The Morgan fingerprint density at radius 3 is 2.05 bits per heavy atom. The minimum absolute atomic E-state index is 0.181. The molecule has 2 aromatic heterocycles. The van der Waals surface area contributed by atoms with E-state index in [0.29, 0.717) is 25.1 Å². The molecule has 324 valence electrons. The fraction of sp³-hybridized carbons (Fsp3) is 0.354. The molecule has 0 N–H and O–H groups in total. The Bertz CT molecular complexity index is 2430. The van der Waals surface area contributed by atoms with E-state index in [-0.39, 0.29) is 37.9 Å². The van der Waals surface area contributed by atoms with Gasteiger partial charge in [-0.3, -0.25) is 4.98 Å². The summed E-state index contributed by atoms with van der Waals surface area (Å²) in [4.78, 5) is 7.52. The number of benzene rings is 4. The van der Waals surface area contributed by atoms with Crippen LogP contribution in [0.25, 0.3) is 21.3 Å². The van der Waals surface area contributed by atoms with Crippen LogP contribution in [-0.4, -0.2) is 74.4 Å². The molecule has 3 heterocycles. The number of aryl methyl sites for hydroxylation is 1. The molecule has 7 rings (SSSR count). The zero-order valence-electron chi connectivity index (χ0n) is 34.9. The third-order valence-electron chi connectivity index (χ3n) is 10.7. The molecule has 0 bridgehead atoms. The highest BCUT2D eigenvalue weighted by Gasteiger charge is 2.49. The predicted molar refractivity (Wildman–Crippen MR) is 236 cm³/mol. The first-order valence-electron chi connectivity index (χ1n) is 21.0. The maximum atomic E-state index is 13.9. The molecule has 14 heteroatoms. The van der Waals surface area contributed by atoms with Gasteiger partial charge >= 0.3 is 0 Å². The first-order valence-corrected chi connectivity index (χ1v) is 22.4. The summed E-state index contributed by atoms with van der Waals surface area (Å²) in [6, 6.07) is 39.7. The van der Waals surface area contributed by atoms with Gasteiger partial charge in [0.1, 0.15) is 24.4 Å². The fourth-order valence-electron chi connectivity index (χ4n) is 7.44. The fourth-order valence-corrected chi connectivity index (χ4v) is 8.85. The van der Waals surface area contributed by atoms with Crippen LogP contribution in [0.3, 0.4) is 0 Å². The highest BCUT2D eigenvalue weighted by atomic mass is 32.2. The normalized spacial score (nSPS) is 19.0. The first-order chi connectivity index (χ1) is 30.4. The standard InChI is InChI=1S/C48H53N5O8S/c1-36-24-25-39(30-50-36)34-58-45-44(35-56-28-15-5-14-27-51-52-49)61-48(47(60-33-38-18-8-3-9-19-38)46(45)59-32-37-16-6-2-7-17-37)57-29-26-40-31-53(43-23-13-12-22-42(40)43)62(54,55)41-20-10-4-11-21-41/h2-4,6-13,16-25,30-31,44-48H,5,14-15,26-29,32-35H2,1H3/t44-,45-,46+,47-,48-/m1/s1. The number of hydrogen-bond donors (Lipinski definition) is 0. The van der Waals surface area contributed by atoms with Crippen molar-refractivity contribution >= 4 is 20.9 Å². The summed E-state index contributed by atoms with van der Waals surface area (Å²) >= 11 is 0.